The SMILES string of the molecule is O=C(O)c1cc(S(=O)(=O)Nc2ccccc2O)ccc1Cl. The molecule has 2 aromatic rings. The number of aromatic carboxylic acids is 1. The zero-order valence-corrected chi connectivity index (χ0v) is 12.0. The van der Waals surface area contributed by atoms with E-state index in [1.54, 1.807) is 6.07 Å². The number of phenols is 1. The van der Waals surface area contributed by atoms with Gasteiger partial charge in [0, 0.05) is 0 Å². The van der Waals surface area contributed by atoms with E-state index in [0.29, 0.717) is 0 Å². The first-order chi connectivity index (χ1) is 9.81. The van der Waals surface area contributed by atoms with E-state index < -0.39 is 16.0 Å². The second-order valence-corrected chi connectivity index (χ2v) is 6.16. The molecule has 110 valence electrons. The van der Waals surface area contributed by atoms with E-state index in [0.717, 1.165) is 6.07 Å². The van der Waals surface area contributed by atoms with E-state index in [4.69, 9.17) is 16.7 Å². The molecule has 8 heteroatoms. The predicted octanol–water partition coefficient (Wildman–Crippen LogP) is 2.54. The third-order valence-corrected chi connectivity index (χ3v) is 4.32. The maximum absolute atomic E-state index is 12.2. The van der Waals surface area contributed by atoms with Crippen LogP contribution >= 0.6 is 11.6 Å². The first-order valence-corrected chi connectivity index (χ1v) is 7.51. The van der Waals surface area contributed by atoms with Crippen LogP contribution in [-0.4, -0.2) is 24.6 Å². The number of carbonyl (C=O) groups is 1. The van der Waals surface area contributed by atoms with Crippen LogP contribution in [0.15, 0.2) is 47.4 Å². The fraction of sp³-hybridized carbons (Fsp3) is 0. The van der Waals surface area contributed by atoms with Gasteiger partial charge in [0.2, 0.25) is 0 Å². The Kier molecular flexibility index (Phi) is 4.06. The number of rotatable bonds is 4. The number of hydrogen-bond donors (Lipinski definition) is 3. The molecular formula is C13H10ClNO5S. The van der Waals surface area contributed by atoms with Crippen LogP contribution in [0.4, 0.5) is 5.69 Å². The summed E-state index contributed by atoms with van der Waals surface area (Å²) in [6.45, 7) is 0. The third-order valence-electron chi connectivity index (χ3n) is 2.63. The van der Waals surface area contributed by atoms with Gasteiger partial charge < -0.3 is 10.2 Å². The highest BCUT2D eigenvalue weighted by Gasteiger charge is 2.19. The van der Waals surface area contributed by atoms with Gasteiger partial charge >= 0.3 is 5.97 Å². The molecule has 21 heavy (non-hydrogen) atoms. The Morgan fingerprint density at radius 1 is 1.14 bits per heavy atom. The van der Waals surface area contributed by atoms with E-state index in [1.165, 1.54) is 30.3 Å². The minimum Gasteiger partial charge on any atom is -0.506 e. The number of anilines is 1. The molecule has 3 N–H and O–H groups in total. The maximum atomic E-state index is 12.2. The Balaban J connectivity index is 2.43. The van der Waals surface area contributed by atoms with Crippen molar-refractivity contribution in [2.75, 3.05) is 4.72 Å². The van der Waals surface area contributed by atoms with Crippen molar-refractivity contribution >= 4 is 33.3 Å². The first kappa shape index (κ1) is 15.1. The predicted molar refractivity (Wildman–Crippen MR) is 77.3 cm³/mol. The van der Waals surface area contributed by atoms with Crippen molar-refractivity contribution in [3.63, 3.8) is 0 Å². The number of phenolic OH excluding ortho intramolecular Hbond substituents is 1. The van der Waals surface area contributed by atoms with Gasteiger partial charge in [-0.05, 0) is 30.3 Å². The molecule has 0 saturated heterocycles. The third kappa shape index (κ3) is 3.26. The number of para-hydroxylation sites is 2. The van der Waals surface area contributed by atoms with Crippen molar-refractivity contribution in [1.82, 2.24) is 0 Å². The van der Waals surface area contributed by atoms with Crippen LogP contribution in [0.1, 0.15) is 10.4 Å². The normalized spacial score (nSPS) is 11.1. The number of aromatic hydroxyl groups is 1. The lowest BCUT2D eigenvalue weighted by Gasteiger charge is -2.10. The topological polar surface area (TPSA) is 104 Å². The molecule has 0 atom stereocenters. The fourth-order valence-corrected chi connectivity index (χ4v) is 2.90. The average molecular weight is 328 g/mol. The molecule has 0 unspecified atom stereocenters. The van der Waals surface area contributed by atoms with Crippen LogP contribution < -0.4 is 4.72 Å². The van der Waals surface area contributed by atoms with Crippen molar-refractivity contribution in [3.8, 4) is 5.75 Å². The van der Waals surface area contributed by atoms with Crippen LogP contribution in [0, 0.1) is 0 Å². The quantitative estimate of drug-likeness (QED) is 0.749. The second kappa shape index (κ2) is 5.63. The van der Waals surface area contributed by atoms with Crippen molar-refractivity contribution in [3.05, 3.63) is 53.1 Å². The monoisotopic (exact) mass is 327 g/mol. The molecule has 0 saturated carbocycles. The number of carboxylic acids is 1. The Labute approximate surface area is 125 Å². The molecule has 0 aromatic heterocycles. The van der Waals surface area contributed by atoms with Crippen LogP contribution in [0.3, 0.4) is 0 Å². The Bertz CT molecular complexity index is 804. The molecule has 2 aromatic carbocycles. The minimum absolute atomic E-state index is 0.00988. The molecule has 0 aliphatic rings. The van der Waals surface area contributed by atoms with Gasteiger partial charge in [-0.2, -0.15) is 0 Å². The largest absolute Gasteiger partial charge is 0.506 e. The van der Waals surface area contributed by atoms with Gasteiger partial charge in [0.15, 0.2) is 0 Å². The van der Waals surface area contributed by atoms with E-state index in [-0.39, 0.29) is 26.9 Å². The molecule has 0 fully saturated rings. The van der Waals surface area contributed by atoms with Gasteiger partial charge in [0.1, 0.15) is 5.75 Å². The standard InChI is InChI=1S/C13H10ClNO5S/c14-10-6-5-8(7-9(10)13(17)18)21(19,20)15-11-3-1-2-4-12(11)16/h1-7,15-16H,(H,17,18). The van der Waals surface area contributed by atoms with Crippen LogP contribution in [-0.2, 0) is 10.0 Å². The molecule has 0 aliphatic heterocycles. The number of sulfonamides is 1. The summed E-state index contributed by atoms with van der Waals surface area (Å²) in [5, 5.41) is 18.4. The molecule has 6 nitrogen and oxygen atoms in total. The fourth-order valence-electron chi connectivity index (χ4n) is 1.60. The lowest BCUT2D eigenvalue weighted by atomic mass is 10.2. The van der Waals surface area contributed by atoms with Gasteiger partial charge in [0.25, 0.3) is 10.0 Å². The summed E-state index contributed by atoms with van der Waals surface area (Å²) in [6, 6.07) is 9.10. The number of halogens is 1. The Hall–Kier alpha value is -2.25. The summed E-state index contributed by atoms with van der Waals surface area (Å²) < 4.78 is 26.5. The highest BCUT2D eigenvalue weighted by atomic mass is 35.5. The number of nitrogens with one attached hydrogen (secondary N) is 1. The molecule has 0 bridgehead atoms. The molecule has 2 rings (SSSR count). The van der Waals surface area contributed by atoms with Crippen molar-refractivity contribution < 1.29 is 23.4 Å². The molecule has 0 aliphatic carbocycles. The summed E-state index contributed by atoms with van der Waals surface area (Å²) >= 11 is 5.69. The lowest BCUT2D eigenvalue weighted by Crippen LogP contribution is -2.14. The molecule has 0 radical (unpaired) electrons. The zero-order valence-electron chi connectivity index (χ0n) is 10.4. The molecular weight excluding hydrogens is 318 g/mol. The minimum atomic E-state index is -4.04. The summed E-state index contributed by atoms with van der Waals surface area (Å²) in [5.74, 6) is -1.58. The smallest absolute Gasteiger partial charge is 0.337 e. The van der Waals surface area contributed by atoms with E-state index in [2.05, 4.69) is 4.72 Å². The van der Waals surface area contributed by atoms with Crippen LogP contribution in [0.5, 0.6) is 5.75 Å². The summed E-state index contributed by atoms with van der Waals surface area (Å²) in [5.41, 5.74) is -0.332. The molecule has 0 heterocycles. The van der Waals surface area contributed by atoms with Gasteiger partial charge in [-0.3, -0.25) is 4.72 Å². The second-order valence-electron chi connectivity index (χ2n) is 4.07. The van der Waals surface area contributed by atoms with E-state index in [1.807, 2.05) is 0 Å². The maximum Gasteiger partial charge on any atom is 0.337 e. The van der Waals surface area contributed by atoms with Crippen molar-refractivity contribution in [1.29, 1.82) is 0 Å². The Morgan fingerprint density at radius 3 is 2.43 bits per heavy atom. The van der Waals surface area contributed by atoms with Crippen LogP contribution in [0.25, 0.3) is 0 Å². The Morgan fingerprint density at radius 2 is 1.81 bits per heavy atom. The highest BCUT2D eigenvalue weighted by molar-refractivity contribution is 7.92. The summed E-state index contributed by atoms with van der Waals surface area (Å²) in [7, 11) is -4.04. The summed E-state index contributed by atoms with van der Waals surface area (Å²) in [4.78, 5) is 10.7. The van der Waals surface area contributed by atoms with Crippen LogP contribution in [0.2, 0.25) is 5.02 Å². The number of benzene rings is 2. The lowest BCUT2D eigenvalue weighted by molar-refractivity contribution is 0.0697. The number of carboxylic acid groups (broad SMARTS) is 1. The zero-order chi connectivity index (χ0) is 15.6. The molecule has 0 amide bonds. The van der Waals surface area contributed by atoms with Gasteiger partial charge in [-0.1, -0.05) is 23.7 Å². The average Bonchev–Trinajstić information content (AvgIpc) is 2.41. The van der Waals surface area contributed by atoms with Gasteiger partial charge in [-0.25, -0.2) is 13.2 Å². The van der Waals surface area contributed by atoms with Gasteiger partial charge in [-0.15, -0.1) is 0 Å². The summed E-state index contributed by atoms with van der Waals surface area (Å²) in [6.07, 6.45) is 0. The molecule has 0 spiro atoms. The van der Waals surface area contributed by atoms with E-state index in [9.17, 15) is 18.3 Å². The van der Waals surface area contributed by atoms with E-state index >= 15 is 0 Å². The highest BCUT2D eigenvalue weighted by Crippen LogP contribution is 2.26. The first-order valence-electron chi connectivity index (χ1n) is 5.65. The van der Waals surface area contributed by atoms with Gasteiger partial charge in [0.05, 0.1) is 21.2 Å². The van der Waals surface area contributed by atoms with Crippen molar-refractivity contribution in [2.45, 2.75) is 4.90 Å². The number of hydrogen-bond acceptors (Lipinski definition) is 4. The van der Waals surface area contributed by atoms with Crippen molar-refractivity contribution in [2.24, 2.45) is 0 Å².